The number of likely N-dealkylation sites (N-methyl/N-ethyl adjacent to an activating group) is 1. The zero-order valence-corrected chi connectivity index (χ0v) is 12.6. The van der Waals surface area contributed by atoms with Crippen molar-refractivity contribution < 1.29 is 9.53 Å². The number of nitrogens with zero attached hydrogens (tertiary/aromatic N) is 2. The molecule has 1 aromatic carbocycles. The van der Waals surface area contributed by atoms with Crippen LogP contribution in [0.15, 0.2) is 24.3 Å². The van der Waals surface area contributed by atoms with Gasteiger partial charge in [-0.15, -0.1) is 0 Å². The fraction of sp³-hybridized carbons (Fsp3) is 0.562. The summed E-state index contributed by atoms with van der Waals surface area (Å²) in [4.78, 5) is 16.9. The Morgan fingerprint density at radius 1 is 1.30 bits per heavy atom. The van der Waals surface area contributed by atoms with Crippen LogP contribution in [0.5, 0.6) is 5.75 Å². The van der Waals surface area contributed by atoms with Crippen molar-refractivity contribution in [3.05, 3.63) is 29.8 Å². The van der Waals surface area contributed by atoms with Gasteiger partial charge in [0.15, 0.2) is 5.78 Å². The van der Waals surface area contributed by atoms with Crippen molar-refractivity contribution in [1.82, 2.24) is 9.80 Å². The second-order valence-electron chi connectivity index (χ2n) is 5.43. The van der Waals surface area contributed by atoms with Gasteiger partial charge in [0.1, 0.15) is 5.75 Å². The first kappa shape index (κ1) is 15.0. The fourth-order valence-corrected chi connectivity index (χ4v) is 2.67. The molecule has 1 heterocycles. The Morgan fingerprint density at radius 3 is 2.60 bits per heavy atom. The summed E-state index contributed by atoms with van der Waals surface area (Å²) in [7, 11) is 3.79. The quantitative estimate of drug-likeness (QED) is 0.769. The number of ketones is 1. The number of carbonyl (C=O) groups is 1. The van der Waals surface area contributed by atoms with E-state index in [2.05, 4.69) is 23.8 Å². The predicted octanol–water partition coefficient (Wildman–Crippen LogP) is 1.90. The van der Waals surface area contributed by atoms with Gasteiger partial charge in [0.05, 0.1) is 13.7 Å². The maximum Gasteiger partial charge on any atom is 0.176 e. The maximum atomic E-state index is 12.3. The van der Waals surface area contributed by atoms with Gasteiger partial charge in [0.2, 0.25) is 0 Å². The van der Waals surface area contributed by atoms with E-state index in [-0.39, 0.29) is 5.78 Å². The van der Waals surface area contributed by atoms with Crippen LogP contribution in [-0.2, 0) is 0 Å². The van der Waals surface area contributed by atoms with Gasteiger partial charge in [-0.2, -0.15) is 0 Å². The molecule has 1 saturated heterocycles. The third kappa shape index (κ3) is 3.58. The predicted molar refractivity (Wildman–Crippen MR) is 80.5 cm³/mol. The van der Waals surface area contributed by atoms with Crippen LogP contribution in [0.3, 0.4) is 0 Å². The summed E-state index contributed by atoms with van der Waals surface area (Å²) < 4.78 is 5.11. The fourth-order valence-electron chi connectivity index (χ4n) is 2.67. The standard InChI is InChI=1S/C16H24N2O2/c1-4-14-11-18(10-9-17(14)2)12-16(19)13-5-7-15(20-3)8-6-13/h5-8,14H,4,9-12H2,1-3H3. The van der Waals surface area contributed by atoms with Crippen molar-refractivity contribution in [2.45, 2.75) is 19.4 Å². The Labute approximate surface area is 121 Å². The Bertz CT molecular complexity index is 444. The summed E-state index contributed by atoms with van der Waals surface area (Å²) in [5, 5.41) is 0. The molecule has 0 bridgehead atoms. The van der Waals surface area contributed by atoms with Gasteiger partial charge >= 0.3 is 0 Å². The number of Topliss-reactive ketones (excluding diaryl/α,β-unsaturated/α-hetero) is 1. The first-order valence-electron chi connectivity index (χ1n) is 7.24. The molecule has 1 aliphatic rings. The number of piperazine rings is 1. The minimum absolute atomic E-state index is 0.187. The van der Waals surface area contributed by atoms with Crippen molar-refractivity contribution in [1.29, 1.82) is 0 Å². The van der Waals surface area contributed by atoms with Crippen LogP contribution in [0.2, 0.25) is 0 Å². The largest absolute Gasteiger partial charge is 0.497 e. The number of methoxy groups -OCH3 is 1. The van der Waals surface area contributed by atoms with Crippen LogP contribution in [0.25, 0.3) is 0 Å². The first-order chi connectivity index (χ1) is 9.63. The molecule has 0 aromatic heterocycles. The molecule has 0 spiro atoms. The van der Waals surface area contributed by atoms with Crippen LogP contribution in [0.4, 0.5) is 0 Å². The van der Waals surface area contributed by atoms with Gasteiger partial charge < -0.3 is 9.64 Å². The van der Waals surface area contributed by atoms with Gasteiger partial charge in [0.25, 0.3) is 0 Å². The molecule has 1 unspecified atom stereocenters. The lowest BCUT2D eigenvalue weighted by Gasteiger charge is -2.38. The SMILES string of the molecule is CCC1CN(CC(=O)c2ccc(OC)cc2)CCN1C. The van der Waals surface area contributed by atoms with Crippen molar-refractivity contribution in [2.24, 2.45) is 0 Å². The van der Waals surface area contributed by atoms with Crippen molar-refractivity contribution >= 4 is 5.78 Å². The Balaban J connectivity index is 1.93. The van der Waals surface area contributed by atoms with Gasteiger partial charge in [-0.25, -0.2) is 0 Å². The number of benzene rings is 1. The average Bonchev–Trinajstić information content (AvgIpc) is 2.49. The van der Waals surface area contributed by atoms with Crippen LogP contribution >= 0.6 is 0 Å². The minimum Gasteiger partial charge on any atom is -0.497 e. The highest BCUT2D eigenvalue weighted by Gasteiger charge is 2.24. The highest BCUT2D eigenvalue weighted by Crippen LogP contribution is 2.14. The summed E-state index contributed by atoms with van der Waals surface area (Å²) in [5.41, 5.74) is 0.762. The first-order valence-corrected chi connectivity index (χ1v) is 7.24. The summed E-state index contributed by atoms with van der Waals surface area (Å²) >= 11 is 0. The number of carbonyl (C=O) groups excluding carboxylic acids is 1. The molecule has 1 atom stereocenters. The normalized spacial score (nSPS) is 20.9. The highest BCUT2D eigenvalue weighted by atomic mass is 16.5. The molecule has 0 saturated carbocycles. The van der Waals surface area contributed by atoms with Crippen molar-refractivity contribution in [3.8, 4) is 5.75 Å². The number of ether oxygens (including phenoxy) is 1. The van der Waals surface area contributed by atoms with E-state index in [0.29, 0.717) is 12.6 Å². The van der Waals surface area contributed by atoms with Gasteiger partial charge in [-0.3, -0.25) is 9.69 Å². The molecule has 20 heavy (non-hydrogen) atoms. The average molecular weight is 276 g/mol. The molecular formula is C16H24N2O2. The molecule has 4 heteroatoms. The lowest BCUT2D eigenvalue weighted by Crippen LogP contribution is -2.52. The lowest BCUT2D eigenvalue weighted by atomic mass is 10.1. The molecule has 4 nitrogen and oxygen atoms in total. The number of hydrogen-bond donors (Lipinski definition) is 0. The van der Waals surface area contributed by atoms with E-state index in [1.54, 1.807) is 7.11 Å². The van der Waals surface area contributed by atoms with E-state index in [0.717, 1.165) is 37.4 Å². The molecule has 0 aliphatic carbocycles. The van der Waals surface area contributed by atoms with Gasteiger partial charge in [0, 0.05) is 31.2 Å². The third-order valence-electron chi connectivity index (χ3n) is 4.11. The van der Waals surface area contributed by atoms with Crippen LogP contribution in [0.1, 0.15) is 23.7 Å². The Morgan fingerprint density at radius 2 is 2.00 bits per heavy atom. The zero-order chi connectivity index (χ0) is 14.5. The highest BCUT2D eigenvalue weighted by molar-refractivity contribution is 5.97. The maximum absolute atomic E-state index is 12.3. The zero-order valence-electron chi connectivity index (χ0n) is 12.6. The molecular weight excluding hydrogens is 252 g/mol. The van der Waals surface area contributed by atoms with Crippen LogP contribution < -0.4 is 4.74 Å². The van der Waals surface area contributed by atoms with E-state index in [9.17, 15) is 4.79 Å². The van der Waals surface area contributed by atoms with E-state index in [1.807, 2.05) is 24.3 Å². The van der Waals surface area contributed by atoms with Gasteiger partial charge in [-0.05, 0) is 37.7 Å². The minimum atomic E-state index is 0.187. The van der Waals surface area contributed by atoms with E-state index in [1.165, 1.54) is 0 Å². The second kappa shape index (κ2) is 6.86. The molecule has 1 aromatic rings. The number of hydrogen-bond acceptors (Lipinski definition) is 4. The summed E-state index contributed by atoms with van der Waals surface area (Å²) in [6.07, 6.45) is 1.13. The smallest absolute Gasteiger partial charge is 0.176 e. The van der Waals surface area contributed by atoms with Crippen LogP contribution in [-0.4, -0.2) is 62.0 Å². The molecule has 110 valence electrons. The Hall–Kier alpha value is -1.39. The van der Waals surface area contributed by atoms with Crippen LogP contribution in [0, 0.1) is 0 Å². The van der Waals surface area contributed by atoms with E-state index >= 15 is 0 Å². The molecule has 1 aliphatic heterocycles. The molecule has 1 fully saturated rings. The third-order valence-corrected chi connectivity index (χ3v) is 4.11. The number of rotatable bonds is 5. The monoisotopic (exact) mass is 276 g/mol. The van der Waals surface area contributed by atoms with E-state index in [4.69, 9.17) is 4.74 Å². The summed E-state index contributed by atoms with van der Waals surface area (Å²) in [5.74, 6) is 0.972. The van der Waals surface area contributed by atoms with Gasteiger partial charge in [-0.1, -0.05) is 6.92 Å². The van der Waals surface area contributed by atoms with Crippen molar-refractivity contribution in [2.75, 3.05) is 40.3 Å². The molecule has 2 rings (SSSR count). The Kier molecular flexibility index (Phi) is 5.15. The van der Waals surface area contributed by atoms with E-state index < -0.39 is 0 Å². The topological polar surface area (TPSA) is 32.8 Å². The second-order valence-corrected chi connectivity index (χ2v) is 5.43. The summed E-state index contributed by atoms with van der Waals surface area (Å²) in [6.45, 7) is 5.70. The van der Waals surface area contributed by atoms with Crippen molar-refractivity contribution in [3.63, 3.8) is 0 Å². The molecule has 0 N–H and O–H groups in total. The molecule has 0 amide bonds. The lowest BCUT2D eigenvalue weighted by molar-refractivity contribution is 0.0743. The molecule has 0 radical (unpaired) electrons. The summed E-state index contributed by atoms with van der Waals surface area (Å²) in [6, 6.07) is 7.92.